The summed E-state index contributed by atoms with van der Waals surface area (Å²) < 4.78 is 11.4. The fourth-order valence-electron chi connectivity index (χ4n) is 3.75. The van der Waals surface area contributed by atoms with Crippen LogP contribution in [-0.2, 0) is 9.47 Å². The predicted molar refractivity (Wildman–Crippen MR) is 111 cm³/mol. The second kappa shape index (κ2) is 19.6. The van der Waals surface area contributed by atoms with Gasteiger partial charge in [0.1, 0.15) is 0 Å². The third-order valence-electron chi connectivity index (χ3n) is 5.49. The first-order chi connectivity index (χ1) is 12.9. The molecular weight excluding hydrogens is 324 g/mol. The number of ether oxygens (including phenoxy) is 2. The quantitative estimate of drug-likeness (QED) is 0.255. The third-order valence-corrected chi connectivity index (χ3v) is 5.49. The van der Waals surface area contributed by atoms with Crippen molar-refractivity contribution >= 4 is 0 Å². The maximum absolute atomic E-state index is 8.73. The van der Waals surface area contributed by atoms with Gasteiger partial charge >= 0.3 is 0 Å². The molecule has 1 aliphatic heterocycles. The molecule has 0 spiro atoms. The zero-order chi connectivity index (χ0) is 18.5. The van der Waals surface area contributed by atoms with Gasteiger partial charge in [0, 0.05) is 19.8 Å². The van der Waals surface area contributed by atoms with Gasteiger partial charge in [-0.1, -0.05) is 89.9 Å². The van der Waals surface area contributed by atoms with Gasteiger partial charge in [0.15, 0.2) is 6.29 Å². The first kappa shape index (κ1) is 23.9. The molecular formula is C23H46O3. The molecule has 0 aromatic rings. The molecule has 26 heavy (non-hydrogen) atoms. The zero-order valence-electron chi connectivity index (χ0n) is 17.4. The van der Waals surface area contributed by atoms with E-state index in [0.717, 1.165) is 26.1 Å². The Morgan fingerprint density at radius 1 is 0.615 bits per heavy atom. The number of rotatable bonds is 19. The van der Waals surface area contributed by atoms with Crippen LogP contribution >= 0.6 is 0 Å². The number of unbranched alkanes of at least 4 members (excludes halogenated alkanes) is 15. The smallest absolute Gasteiger partial charge is 0.157 e. The van der Waals surface area contributed by atoms with Gasteiger partial charge in [0.25, 0.3) is 0 Å². The molecule has 1 N–H and O–H groups in total. The Morgan fingerprint density at radius 2 is 1.08 bits per heavy atom. The molecule has 3 nitrogen and oxygen atoms in total. The maximum Gasteiger partial charge on any atom is 0.157 e. The van der Waals surface area contributed by atoms with Crippen molar-refractivity contribution in [3.05, 3.63) is 0 Å². The van der Waals surface area contributed by atoms with E-state index in [1.165, 1.54) is 109 Å². The van der Waals surface area contributed by atoms with Gasteiger partial charge in [-0.05, 0) is 32.1 Å². The molecule has 0 aliphatic carbocycles. The van der Waals surface area contributed by atoms with Crippen LogP contribution in [-0.4, -0.2) is 31.2 Å². The van der Waals surface area contributed by atoms with Crippen molar-refractivity contribution in [3.8, 4) is 0 Å². The van der Waals surface area contributed by atoms with Crippen LogP contribution in [0.3, 0.4) is 0 Å². The maximum atomic E-state index is 8.73. The molecule has 0 bridgehead atoms. The van der Waals surface area contributed by atoms with Crippen molar-refractivity contribution in [2.45, 2.75) is 128 Å². The molecule has 1 saturated heterocycles. The van der Waals surface area contributed by atoms with Crippen molar-refractivity contribution in [1.29, 1.82) is 0 Å². The number of hydrogen-bond acceptors (Lipinski definition) is 3. The number of aliphatic hydroxyl groups excluding tert-OH is 1. The fraction of sp³-hybridized carbons (Fsp3) is 1.00. The van der Waals surface area contributed by atoms with E-state index in [0.29, 0.717) is 6.61 Å². The van der Waals surface area contributed by atoms with E-state index in [2.05, 4.69) is 0 Å². The zero-order valence-corrected chi connectivity index (χ0v) is 17.4. The number of hydrogen-bond donors (Lipinski definition) is 1. The van der Waals surface area contributed by atoms with Crippen LogP contribution < -0.4 is 0 Å². The van der Waals surface area contributed by atoms with E-state index in [-0.39, 0.29) is 6.29 Å². The fourth-order valence-corrected chi connectivity index (χ4v) is 3.75. The summed E-state index contributed by atoms with van der Waals surface area (Å²) in [6.07, 6.45) is 25.1. The number of aliphatic hydroxyl groups is 1. The van der Waals surface area contributed by atoms with Crippen LogP contribution in [0.15, 0.2) is 0 Å². The van der Waals surface area contributed by atoms with Gasteiger partial charge < -0.3 is 14.6 Å². The molecule has 0 amide bonds. The molecule has 1 aliphatic rings. The van der Waals surface area contributed by atoms with Crippen LogP contribution in [0.1, 0.15) is 122 Å². The van der Waals surface area contributed by atoms with E-state index < -0.39 is 0 Å². The normalized spacial score (nSPS) is 17.7. The molecule has 1 rings (SSSR count). The Labute approximate surface area is 163 Å². The SMILES string of the molecule is OCCCCCCCCCCCCCCCCCCOC1CCCCO1. The lowest BCUT2D eigenvalue weighted by Gasteiger charge is -2.22. The largest absolute Gasteiger partial charge is 0.396 e. The van der Waals surface area contributed by atoms with Crippen molar-refractivity contribution < 1.29 is 14.6 Å². The van der Waals surface area contributed by atoms with E-state index in [4.69, 9.17) is 14.6 Å². The van der Waals surface area contributed by atoms with E-state index in [1.54, 1.807) is 0 Å². The second-order valence-electron chi connectivity index (χ2n) is 8.05. The van der Waals surface area contributed by atoms with Gasteiger partial charge in [0.05, 0.1) is 0 Å². The highest BCUT2D eigenvalue weighted by Gasteiger charge is 2.13. The molecule has 1 fully saturated rings. The van der Waals surface area contributed by atoms with Gasteiger partial charge in [-0.2, -0.15) is 0 Å². The average molecular weight is 371 g/mol. The average Bonchev–Trinajstić information content (AvgIpc) is 2.68. The summed E-state index contributed by atoms with van der Waals surface area (Å²) in [5.74, 6) is 0. The summed E-state index contributed by atoms with van der Waals surface area (Å²) in [4.78, 5) is 0. The monoisotopic (exact) mass is 370 g/mol. The first-order valence-electron chi connectivity index (χ1n) is 11.8. The van der Waals surface area contributed by atoms with Crippen LogP contribution in [0.5, 0.6) is 0 Å². The Morgan fingerprint density at radius 3 is 1.50 bits per heavy atom. The summed E-state index contributed by atoms with van der Waals surface area (Å²) >= 11 is 0. The summed E-state index contributed by atoms with van der Waals surface area (Å²) in [6, 6.07) is 0. The molecule has 0 saturated carbocycles. The Bertz CT molecular complexity index is 264. The lowest BCUT2D eigenvalue weighted by Crippen LogP contribution is -2.22. The molecule has 3 heteroatoms. The van der Waals surface area contributed by atoms with Crippen molar-refractivity contribution in [2.75, 3.05) is 19.8 Å². The van der Waals surface area contributed by atoms with Crippen LogP contribution in [0, 0.1) is 0 Å². The molecule has 1 atom stereocenters. The lowest BCUT2D eigenvalue weighted by atomic mass is 10.0. The predicted octanol–water partition coefficient (Wildman–Crippen LogP) is 6.76. The van der Waals surface area contributed by atoms with Crippen molar-refractivity contribution in [1.82, 2.24) is 0 Å². The van der Waals surface area contributed by atoms with Crippen molar-refractivity contribution in [3.63, 3.8) is 0 Å². The molecule has 1 unspecified atom stereocenters. The van der Waals surface area contributed by atoms with Crippen LogP contribution in [0.4, 0.5) is 0 Å². The molecule has 156 valence electrons. The summed E-state index contributed by atoms with van der Waals surface area (Å²) in [5.41, 5.74) is 0. The molecule has 0 radical (unpaired) electrons. The minimum Gasteiger partial charge on any atom is -0.396 e. The van der Waals surface area contributed by atoms with Gasteiger partial charge in [0.2, 0.25) is 0 Å². The Balaban J connectivity index is 1.65. The molecule has 1 heterocycles. The highest BCUT2D eigenvalue weighted by atomic mass is 16.7. The van der Waals surface area contributed by atoms with Crippen LogP contribution in [0.25, 0.3) is 0 Å². The van der Waals surface area contributed by atoms with E-state index in [9.17, 15) is 0 Å². The summed E-state index contributed by atoms with van der Waals surface area (Å²) in [6.45, 7) is 2.13. The Kier molecular flexibility index (Phi) is 18.1. The summed E-state index contributed by atoms with van der Waals surface area (Å²) in [7, 11) is 0. The first-order valence-corrected chi connectivity index (χ1v) is 11.8. The van der Waals surface area contributed by atoms with E-state index >= 15 is 0 Å². The highest BCUT2D eigenvalue weighted by molar-refractivity contribution is 4.54. The second-order valence-corrected chi connectivity index (χ2v) is 8.05. The van der Waals surface area contributed by atoms with E-state index in [1.807, 2.05) is 0 Å². The minimum atomic E-state index is 0.0926. The Hall–Kier alpha value is -0.120. The summed E-state index contributed by atoms with van der Waals surface area (Å²) in [5, 5.41) is 8.73. The minimum absolute atomic E-state index is 0.0926. The lowest BCUT2D eigenvalue weighted by molar-refractivity contribution is -0.162. The van der Waals surface area contributed by atoms with Crippen LogP contribution in [0.2, 0.25) is 0 Å². The van der Waals surface area contributed by atoms with Gasteiger partial charge in [-0.3, -0.25) is 0 Å². The van der Waals surface area contributed by atoms with Gasteiger partial charge in [-0.25, -0.2) is 0 Å². The molecule has 0 aromatic carbocycles. The van der Waals surface area contributed by atoms with Crippen molar-refractivity contribution in [2.24, 2.45) is 0 Å². The molecule has 0 aromatic heterocycles. The van der Waals surface area contributed by atoms with Gasteiger partial charge in [-0.15, -0.1) is 0 Å². The third kappa shape index (κ3) is 16.1. The standard InChI is InChI=1S/C23H46O3/c24-20-16-13-11-9-7-5-3-1-2-4-6-8-10-12-14-17-21-25-23-19-15-18-22-26-23/h23-24H,1-22H2. The highest BCUT2D eigenvalue weighted by Crippen LogP contribution is 2.15. The topological polar surface area (TPSA) is 38.7 Å².